The van der Waals surface area contributed by atoms with Gasteiger partial charge in [0.05, 0.1) is 6.10 Å². The molecule has 0 aromatic rings. The number of rotatable bonds is 5. The van der Waals surface area contributed by atoms with Gasteiger partial charge >= 0.3 is 0 Å². The van der Waals surface area contributed by atoms with E-state index in [0.29, 0.717) is 18.4 Å². The lowest BCUT2D eigenvalue weighted by Crippen LogP contribution is -2.40. The standard InChI is InChI=1S/C15H28N2O2/c1-16-9-3-5-13(11-16)12-17(2)15(18)8-7-14-6-4-10-19-14/h13-14H,3-12H2,1-2H3. The largest absolute Gasteiger partial charge is 0.378 e. The van der Waals surface area contributed by atoms with E-state index in [4.69, 9.17) is 4.74 Å². The number of piperidine rings is 1. The fraction of sp³-hybridized carbons (Fsp3) is 0.933. The fourth-order valence-corrected chi connectivity index (χ4v) is 3.26. The first kappa shape index (κ1) is 14.8. The quantitative estimate of drug-likeness (QED) is 0.761. The van der Waals surface area contributed by atoms with Crippen molar-refractivity contribution in [1.82, 2.24) is 9.80 Å². The molecule has 0 aliphatic carbocycles. The summed E-state index contributed by atoms with van der Waals surface area (Å²) in [5.74, 6) is 0.930. The first-order valence-corrected chi connectivity index (χ1v) is 7.69. The Morgan fingerprint density at radius 3 is 2.89 bits per heavy atom. The van der Waals surface area contributed by atoms with Crippen LogP contribution >= 0.6 is 0 Å². The minimum atomic E-state index is 0.281. The molecule has 110 valence electrons. The van der Waals surface area contributed by atoms with E-state index in [0.717, 1.165) is 39.0 Å². The van der Waals surface area contributed by atoms with Gasteiger partial charge in [-0.3, -0.25) is 4.79 Å². The smallest absolute Gasteiger partial charge is 0.222 e. The Hall–Kier alpha value is -0.610. The lowest BCUT2D eigenvalue weighted by atomic mass is 9.98. The Bertz CT molecular complexity index is 290. The number of carbonyl (C=O) groups is 1. The van der Waals surface area contributed by atoms with Crippen LogP contribution in [0.25, 0.3) is 0 Å². The highest BCUT2D eigenvalue weighted by atomic mass is 16.5. The van der Waals surface area contributed by atoms with Crippen LogP contribution in [0.4, 0.5) is 0 Å². The number of nitrogens with zero attached hydrogens (tertiary/aromatic N) is 2. The normalized spacial score (nSPS) is 28.5. The lowest BCUT2D eigenvalue weighted by Gasteiger charge is -2.32. The van der Waals surface area contributed by atoms with E-state index in [1.807, 2.05) is 11.9 Å². The third-order valence-electron chi connectivity index (χ3n) is 4.38. The van der Waals surface area contributed by atoms with Gasteiger partial charge in [0.25, 0.3) is 0 Å². The van der Waals surface area contributed by atoms with E-state index in [2.05, 4.69) is 11.9 Å². The summed E-state index contributed by atoms with van der Waals surface area (Å²) in [6.45, 7) is 4.12. The van der Waals surface area contributed by atoms with E-state index in [9.17, 15) is 4.79 Å². The molecular formula is C15H28N2O2. The molecule has 2 heterocycles. The van der Waals surface area contributed by atoms with Crippen molar-refractivity contribution < 1.29 is 9.53 Å². The molecule has 2 saturated heterocycles. The third kappa shape index (κ3) is 4.77. The number of likely N-dealkylation sites (tertiary alicyclic amines) is 1. The van der Waals surface area contributed by atoms with Crippen LogP contribution in [0.2, 0.25) is 0 Å². The second-order valence-corrected chi connectivity index (χ2v) is 6.22. The predicted molar refractivity (Wildman–Crippen MR) is 76.1 cm³/mol. The molecule has 2 unspecified atom stereocenters. The van der Waals surface area contributed by atoms with E-state index in [1.165, 1.54) is 19.4 Å². The van der Waals surface area contributed by atoms with Crippen LogP contribution in [-0.2, 0) is 9.53 Å². The maximum Gasteiger partial charge on any atom is 0.222 e. The molecule has 2 aliphatic heterocycles. The van der Waals surface area contributed by atoms with E-state index in [-0.39, 0.29) is 5.91 Å². The molecule has 0 aromatic heterocycles. The number of hydrogen-bond acceptors (Lipinski definition) is 3. The minimum absolute atomic E-state index is 0.281. The zero-order valence-electron chi connectivity index (χ0n) is 12.4. The molecule has 0 radical (unpaired) electrons. The monoisotopic (exact) mass is 268 g/mol. The van der Waals surface area contributed by atoms with Gasteiger partial charge < -0.3 is 14.5 Å². The summed E-state index contributed by atoms with van der Waals surface area (Å²) in [6, 6.07) is 0. The molecule has 0 bridgehead atoms. The third-order valence-corrected chi connectivity index (χ3v) is 4.38. The molecule has 0 saturated carbocycles. The van der Waals surface area contributed by atoms with Gasteiger partial charge in [-0.05, 0) is 51.6 Å². The van der Waals surface area contributed by atoms with Crippen LogP contribution in [0.5, 0.6) is 0 Å². The van der Waals surface area contributed by atoms with Gasteiger partial charge in [-0.1, -0.05) is 0 Å². The van der Waals surface area contributed by atoms with E-state index < -0.39 is 0 Å². The summed E-state index contributed by atoms with van der Waals surface area (Å²) in [4.78, 5) is 16.4. The molecule has 2 aliphatic rings. The Morgan fingerprint density at radius 1 is 1.37 bits per heavy atom. The number of carbonyl (C=O) groups excluding carboxylic acids is 1. The average molecular weight is 268 g/mol. The zero-order chi connectivity index (χ0) is 13.7. The second kappa shape index (κ2) is 7.25. The molecule has 2 atom stereocenters. The highest BCUT2D eigenvalue weighted by Crippen LogP contribution is 2.19. The van der Waals surface area contributed by atoms with Crippen molar-refractivity contribution in [2.75, 3.05) is 40.3 Å². The molecule has 1 amide bonds. The zero-order valence-corrected chi connectivity index (χ0v) is 12.4. The van der Waals surface area contributed by atoms with Crippen molar-refractivity contribution in [3.8, 4) is 0 Å². The van der Waals surface area contributed by atoms with Gasteiger partial charge in [-0.25, -0.2) is 0 Å². The van der Waals surface area contributed by atoms with Crippen molar-refractivity contribution in [3.05, 3.63) is 0 Å². The average Bonchev–Trinajstić information content (AvgIpc) is 2.89. The lowest BCUT2D eigenvalue weighted by molar-refractivity contribution is -0.131. The van der Waals surface area contributed by atoms with Gasteiger partial charge in [-0.2, -0.15) is 0 Å². The molecule has 2 rings (SSSR count). The Morgan fingerprint density at radius 2 is 2.21 bits per heavy atom. The van der Waals surface area contributed by atoms with Crippen LogP contribution in [-0.4, -0.2) is 62.1 Å². The Labute approximate surface area is 117 Å². The van der Waals surface area contributed by atoms with Crippen LogP contribution < -0.4 is 0 Å². The molecule has 0 spiro atoms. The molecule has 19 heavy (non-hydrogen) atoms. The van der Waals surface area contributed by atoms with Crippen LogP contribution in [0.15, 0.2) is 0 Å². The molecule has 2 fully saturated rings. The first-order chi connectivity index (χ1) is 9.15. The molecule has 0 aromatic carbocycles. The highest BCUT2D eigenvalue weighted by Gasteiger charge is 2.22. The van der Waals surface area contributed by atoms with Crippen molar-refractivity contribution >= 4 is 5.91 Å². The molecule has 0 N–H and O–H groups in total. The summed E-state index contributed by atoms with van der Waals surface area (Å²) in [7, 11) is 4.12. The SMILES string of the molecule is CN1CCCC(CN(C)C(=O)CCC2CCCO2)C1. The molecule has 4 nitrogen and oxygen atoms in total. The van der Waals surface area contributed by atoms with Crippen LogP contribution in [0.3, 0.4) is 0 Å². The topological polar surface area (TPSA) is 32.8 Å². The van der Waals surface area contributed by atoms with Gasteiger partial charge in [0, 0.05) is 33.2 Å². The molecular weight excluding hydrogens is 240 g/mol. The summed E-state index contributed by atoms with van der Waals surface area (Å²) in [6.07, 6.45) is 6.68. The second-order valence-electron chi connectivity index (χ2n) is 6.22. The molecule has 4 heteroatoms. The first-order valence-electron chi connectivity index (χ1n) is 7.69. The number of hydrogen-bond donors (Lipinski definition) is 0. The fourth-order valence-electron chi connectivity index (χ4n) is 3.26. The summed E-state index contributed by atoms with van der Waals surface area (Å²) >= 11 is 0. The summed E-state index contributed by atoms with van der Waals surface area (Å²) in [5, 5.41) is 0. The van der Waals surface area contributed by atoms with Crippen LogP contribution in [0.1, 0.15) is 38.5 Å². The van der Waals surface area contributed by atoms with Gasteiger partial charge in [0.15, 0.2) is 0 Å². The summed E-state index contributed by atoms with van der Waals surface area (Å²) in [5.41, 5.74) is 0. The Kier molecular flexibility index (Phi) is 5.64. The Balaban J connectivity index is 1.66. The maximum absolute atomic E-state index is 12.1. The summed E-state index contributed by atoms with van der Waals surface area (Å²) < 4.78 is 5.57. The van der Waals surface area contributed by atoms with E-state index in [1.54, 1.807) is 0 Å². The van der Waals surface area contributed by atoms with Crippen molar-refractivity contribution in [3.63, 3.8) is 0 Å². The van der Waals surface area contributed by atoms with Gasteiger partial charge in [0.1, 0.15) is 0 Å². The number of amides is 1. The van der Waals surface area contributed by atoms with Gasteiger partial charge in [0.2, 0.25) is 5.91 Å². The van der Waals surface area contributed by atoms with Crippen molar-refractivity contribution in [2.45, 2.75) is 44.6 Å². The van der Waals surface area contributed by atoms with Crippen LogP contribution in [0, 0.1) is 5.92 Å². The van der Waals surface area contributed by atoms with Gasteiger partial charge in [-0.15, -0.1) is 0 Å². The van der Waals surface area contributed by atoms with E-state index >= 15 is 0 Å². The minimum Gasteiger partial charge on any atom is -0.378 e. The highest BCUT2D eigenvalue weighted by molar-refractivity contribution is 5.75. The maximum atomic E-state index is 12.1. The van der Waals surface area contributed by atoms with Crippen molar-refractivity contribution in [1.29, 1.82) is 0 Å². The number of ether oxygens (including phenoxy) is 1. The van der Waals surface area contributed by atoms with Crippen molar-refractivity contribution in [2.24, 2.45) is 5.92 Å². The predicted octanol–water partition coefficient (Wildman–Crippen LogP) is 1.75.